The van der Waals surface area contributed by atoms with E-state index in [0.29, 0.717) is 28.7 Å². The summed E-state index contributed by atoms with van der Waals surface area (Å²) in [6, 6.07) is 13.4. The summed E-state index contributed by atoms with van der Waals surface area (Å²) in [5.74, 6) is -0.578. The summed E-state index contributed by atoms with van der Waals surface area (Å²) in [5.41, 5.74) is 2.60. The molecule has 1 unspecified atom stereocenters. The molecule has 8 nitrogen and oxygen atoms in total. The number of nitrogens with one attached hydrogen (secondary N) is 1. The van der Waals surface area contributed by atoms with E-state index >= 15 is 0 Å². The highest BCUT2D eigenvalue weighted by molar-refractivity contribution is 5.96. The number of carboxylic acids is 1. The second-order valence-electron chi connectivity index (χ2n) is 12.0. The fraction of sp³-hybridized carbons (Fsp3) is 0.533. The van der Waals surface area contributed by atoms with Gasteiger partial charge in [-0.15, -0.1) is 0 Å². The molecule has 4 aliphatic rings. The van der Waals surface area contributed by atoms with Crippen LogP contribution in [0.2, 0.25) is 0 Å². The van der Waals surface area contributed by atoms with E-state index in [2.05, 4.69) is 26.1 Å². The summed E-state index contributed by atoms with van der Waals surface area (Å²) in [5, 5.41) is 35.4. The first-order valence-corrected chi connectivity index (χ1v) is 13.5. The van der Waals surface area contributed by atoms with Gasteiger partial charge in [0.25, 0.3) is 0 Å². The molecule has 0 spiro atoms. The minimum absolute atomic E-state index is 0.0457. The molecule has 4 N–H and O–H groups in total. The zero-order chi connectivity index (χ0) is 27.4. The van der Waals surface area contributed by atoms with Crippen LogP contribution in [0.25, 0.3) is 11.1 Å². The van der Waals surface area contributed by atoms with Crippen LogP contribution < -0.4 is 5.32 Å². The lowest BCUT2D eigenvalue weighted by Gasteiger charge is -2.62. The summed E-state index contributed by atoms with van der Waals surface area (Å²) in [6.07, 6.45) is -0.152. The number of aliphatic hydroxyl groups is 2. The average molecular weight is 523 g/mol. The lowest BCUT2D eigenvalue weighted by atomic mass is 9.45. The van der Waals surface area contributed by atoms with E-state index in [1.54, 1.807) is 31.2 Å². The molecular weight excluding hydrogens is 484 g/mol. The molecule has 8 atom stereocenters. The van der Waals surface area contributed by atoms with Crippen LogP contribution in [0.3, 0.4) is 0 Å². The quantitative estimate of drug-likeness (QED) is 0.438. The van der Waals surface area contributed by atoms with E-state index < -0.39 is 30.3 Å². The summed E-state index contributed by atoms with van der Waals surface area (Å²) in [7, 11) is 0. The Balaban J connectivity index is 1.37. The number of carbonyl (C=O) groups excluding carboxylic acids is 1. The Morgan fingerprint density at radius 2 is 1.89 bits per heavy atom. The standard InChI is InChI=1S/C30H38N2O6/c1-16-23-13-20(30(23,3)4)14-24(16)31-27(34)26-25(17(2)33)29(37)38-32(26)15-18-8-7-9-19(12-18)21-10-5-6-11-22(21)28(35)36/h5-12,16-17,20,23-26,29,33,37H,13-15H2,1-4H3,(H,31,34)(H,35,36)/t16-,17-,20+,23-,24-,25-,26-,29?/m0/s1. The Morgan fingerprint density at radius 1 is 1.16 bits per heavy atom. The van der Waals surface area contributed by atoms with Crippen molar-refractivity contribution < 1.29 is 29.7 Å². The molecule has 2 aromatic carbocycles. The Hall–Kier alpha value is -2.78. The second kappa shape index (κ2) is 10.1. The van der Waals surface area contributed by atoms with Crippen molar-refractivity contribution in [2.75, 3.05) is 0 Å². The lowest BCUT2D eigenvalue weighted by Crippen LogP contribution is -2.62. The third-order valence-electron chi connectivity index (χ3n) is 9.49. The van der Waals surface area contributed by atoms with E-state index in [0.717, 1.165) is 17.5 Å². The molecule has 204 valence electrons. The first-order valence-electron chi connectivity index (χ1n) is 13.5. The van der Waals surface area contributed by atoms with Gasteiger partial charge < -0.3 is 20.6 Å². The van der Waals surface area contributed by atoms with Crippen LogP contribution in [0.4, 0.5) is 0 Å². The number of fused-ring (bicyclic) bond motifs is 2. The minimum Gasteiger partial charge on any atom is -0.478 e. The minimum atomic E-state index is -1.32. The Bertz CT molecular complexity index is 1210. The van der Waals surface area contributed by atoms with E-state index in [4.69, 9.17) is 4.84 Å². The van der Waals surface area contributed by atoms with Gasteiger partial charge in [0, 0.05) is 6.04 Å². The zero-order valence-corrected chi connectivity index (χ0v) is 22.4. The molecule has 2 bridgehead atoms. The number of hydroxylamine groups is 2. The van der Waals surface area contributed by atoms with Crippen molar-refractivity contribution in [3.8, 4) is 11.1 Å². The normalized spacial score (nSPS) is 32.8. The largest absolute Gasteiger partial charge is 0.478 e. The number of hydrogen-bond donors (Lipinski definition) is 4. The summed E-state index contributed by atoms with van der Waals surface area (Å²) in [4.78, 5) is 31.2. The number of carbonyl (C=O) groups is 2. The highest BCUT2D eigenvalue weighted by Gasteiger charge is 2.57. The molecule has 38 heavy (non-hydrogen) atoms. The van der Waals surface area contributed by atoms with Crippen molar-refractivity contribution in [3.63, 3.8) is 0 Å². The molecule has 3 aliphatic carbocycles. The fourth-order valence-corrected chi connectivity index (χ4v) is 7.11. The predicted molar refractivity (Wildman–Crippen MR) is 142 cm³/mol. The maximum atomic E-state index is 13.7. The number of aliphatic hydroxyl groups excluding tert-OH is 2. The number of benzene rings is 2. The average Bonchev–Trinajstić information content (AvgIpc) is 3.20. The number of nitrogens with zero attached hydrogens (tertiary/aromatic N) is 1. The van der Waals surface area contributed by atoms with Crippen LogP contribution >= 0.6 is 0 Å². The van der Waals surface area contributed by atoms with Gasteiger partial charge in [0.2, 0.25) is 5.91 Å². The van der Waals surface area contributed by atoms with Gasteiger partial charge in [0.15, 0.2) is 6.29 Å². The van der Waals surface area contributed by atoms with E-state index in [-0.39, 0.29) is 24.1 Å². The predicted octanol–water partition coefficient (Wildman–Crippen LogP) is 3.67. The molecule has 8 heteroatoms. The van der Waals surface area contributed by atoms with Gasteiger partial charge in [-0.2, -0.15) is 5.06 Å². The van der Waals surface area contributed by atoms with Crippen molar-refractivity contribution in [2.24, 2.45) is 29.1 Å². The lowest BCUT2D eigenvalue weighted by molar-refractivity contribution is -0.231. The van der Waals surface area contributed by atoms with Crippen LogP contribution in [0.15, 0.2) is 48.5 Å². The van der Waals surface area contributed by atoms with Crippen molar-refractivity contribution in [1.82, 2.24) is 10.4 Å². The third-order valence-corrected chi connectivity index (χ3v) is 9.49. The highest BCUT2D eigenvalue weighted by Crippen LogP contribution is 2.61. The van der Waals surface area contributed by atoms with Gasteiger partial charge in [0.05, 0.1) is 24.1 Å². The Morgan fingerprint density at radius 3 is 2.55 bits per heavy atom. The summed E-state index contributed by atoms with van der Waals surface area (Å²) in [6.45, 7) is 8.58. The number of hydrogen-bond acceptors (Lipinski definition) is 6. The number of carboxylic acid groups (broad SMARTS) is 1. The zero-order valence-electron chi connectivity index (χ0n) is 22.4. The van der Waals surface area contributed by atoms with Gasteiger partial charge in [-0.25, -0.2) is 4.79 Å². The molecule has 4 fully saturated rings. The molecular formula is C30H38N2O6. The summed E-state index contributed by atoms with van der Waals surface area (Å²) >= 11 is 0. The van der Waals surface area contributed by atoms with E-state index in [1.807, 2.05) is 24.3 Å². The number of aromatic carboxylic acids is 1. The Labute approximate surface area is 223 Å². The van der Waals surface area contributed by atoms with Crippen LogP contribution in [-0.4, -0.2) is 56.7 Å². The molecule has 1 saturated heterocycles. The number of amides is 1. The topological polar surface area (TPSA) is 119 Å². The van der Waals surface area contributed by atoms with Crippen molar-refractivity contribution in [1.29, 1.82) is 0 Å². The molecule has 3 saturated carbocycles. The van der Waals surface area contributed by atoms with Crippen LogP contribution in [-0.2, 0) is 16.2 Å². The van der Waals surface area contributed by atoms with Gasteiger partial charge in [-0.1, -0.05) is 57.2 Å². The van der Waals surface area contributed by atoms with Crippen LogP contribution in [0.1, 0.15) is 56.5 Å². The Kier molecular flexibility index (Phi) is 7.11. The molecule has 0 radical (unpaired) electrons. The molecule has 0 aromatic heterocycles. The number of rotatable bonds is 7. The van der Waals surface area contributed by atoms with Crippen LogP contribution in [0, 0.1) is 29.1 Å². The van der Waals surface area contributed by atoms with Crippen molar-refractivity contribution in [2.45, 2.75) is 71.6 Å². The maximum absolute atomic E-state index is 13.7. The van der Waals surface area contributed by atoms with Gasteiger partial charge in [0.1, 0.15) is 6.04 Å². The fourth-order valence-electron chi connectivity index (χ4n) is 7.11. The molecule has 1 heterocycles. The SMILES string of the molecule is C[C@@H]1[C@@H](NC(=O)[C@@H]2[C@H]([C@H](C)O)C(O)ON2Cc2cccc(-c3ccccc3C(=O)O)c2)C[C@H]2C[C@@H]1C2(C)C. The van der Waals surface area contributed by atoms with Crippen LogP contribution in [0.5, 0.6) is 0 Å². The molecule has 1 amide bonds. The van der Waals surface area contributed by atoms with Gasteiger partial charge >= 0.3 is 5.97 Å². The monoisotopic (exact) mass is 522 g/mol. The maximum Gasteiger partial charge on any atom is 0.336 e. The smallest absolute Gasteiger partial charge is 0.336 e. The van der Waals surface area contributed by atoms with Gasteiger partial charge in [-0.3, -0.25) is 9.63 Å². The van der Waals surface area contributed by atoms with E-state index in [9.17, 15) is 24.9 Å². The molecule has 1 aliphatic heterocycles. The van der Waals surface area contributed by atoms with E-state index in [1.165, 1.54) is 11.5 Å². The summed E-state index contributed by atoms with van der Waals surface area (Å²) < 4.78 is 0. The second-order valence-corrected chi connectivity index (χ2v) is 12.0. The first kappa shape index (κ1) is 26.8. The third kappa shape index (κ3) is 4.64. The molecule has 2 aromatic rings. The van der Waals surface area contributed by atoms with Gasteiger partial charge in [-0.05, 0) is 71.8 Å². The van der Waals surface area contributed by atoms with Crippen molar-refractivity contribution >= 4 is 11.9 Å². The molecule has 6 rings (SSSR count). The highest BCUT2D eigenvalue weighted by atomic mass is 16.8. The van der Waals surface area contributed by atoms with Crippen molar-refractivity contribution in [3.05, 3.63) is 59.7 Å². The first-order chi connectivity index (χ1) is 18.0.